The monoisotopic (exact) mass is 286 g/mol. The van der Waals surface area contributed by atoms with E-state index in [1.807, 2.05) is 0 Å². The molecular formula is C10H19ClN8. The van der Waals surface area contributed by atoms with E-state index in [1.165, 1.54) is 0 Å². The van der Waals surface area contributed by atoms with Gasteiger partial charge in [0.2, 0.25) is 11.9 Å². The third-order valence-corrected chi connectivity index (χ3v) is 2.00. The van der Waals surface area contributed by atoms with Gasteiger partial charge >= 0.3 is 0 Å². The van der Waals surface area contributed by atoms with E-state index in [1.54, 1.807) is 12.4 Å². The fourth-order valence-electron chi connectivity index (χ4n) is 1.17. The minimum absolute atomic E-state index is 0. The fourth-order valence-corrected chi connectivity index (χ4v) is 1.17. The summed E-state index contributed by atoms with van der Waals surface area (Å²) in [6.45, 7) is 1.20. The van der Waals surface area contributed by atoms with Crippen molar-refractivity contribution in [2.24, 2.45) is 21.5 Å². The second kappa shape index (κ2) is 13.9. The van der Waals surface area contributed by atoms with Crippen molar-refractivity contribution in [2.75, 3.05) is 13.1 Å². The zero-order valence-electron chi connectivity index (χ0n) is 10.6. The lowest BCUT2D eigenvalue weighted by molar-refractivity contribution is 0.653. The molecule has 19 heavy (non-hydrogen) atoms. The van der Waals surface area contributed by atoms with Crippen LogP contribution in [-0.2, 0) is 0 Å². The summed E-state index contributed by atoms with van der Waals surface area (Å²) < 4.78 is 0. The van der Waals surface area contributed by atoms with Crippen LogP contribution in [0.15, 0.2) is 9.98 Å². The summed E-state index contributed by atoms with van der Waals surface area (Å²) >= 11 is 0. The molecule has 0 heterocycles. The third-order valence-electron chi connectivity index (χ3n) is 2.00. The van der Waals surface area contributed by atoms with Crippen molar-refractivity contribution in [3.8, 4) is 12.4 Å². The molecule has 0 aliphatic heterocycles. The van der Waals surface area contributed by atoms with Crippen LogP contribution in [0.5, 0.6) is 0 Å². The molecule has 0 aliphatic carbocycles. The molecule has 0 saturated carbocycles. The van der Waals surface area contributed by atoms with Gasteiger partial charge in [0, 0.05) is 13.1 Å². The molecule has 0 saturated heterocycles. The second-order valence-corrected chi connectivity index (χ2v) is 3.42. The van der Waals surface area contributed by atoms with Gasteiger partial charge in [0.05, 0.1) is 0 Å². The Kier molecular flexibility index (Phi) is 14.0. The van der Waals surface area contributed by atoms with Gasteiger partial charge in [0.1, 0.15) is 0 Å². The average molecular weight is 287 g/mol. The molecule has 0 rings (SSSR count). The first-order valence-corrected chi connectivity index (χ1v) is 5.60. The maximum Gasteiger partial charge on any atom is 0.202 e. The van der Waals surface area contributed by atoms with Gasteiger partial charge in [-0.3, -0.25) is 20.6 Å². The molecule has 0 atom stereocenters. The van der Waals surface area contributed by atoms with E-state index in [2.05, 4.69) is 20.6 Å². The average Bonchev–Trinajstić information content (AvgIpc) is 2.33. The summed E-state index contributed by atoms with van der Waals surface area (Å²) in [7, 11) is 0. The Hall–Kier alpha value is -2.19. The largest absolute Gasteiger partial charge is 0.369 e. The van der Waals surface area contributed by atoms with E-state index in [4.69, 9.17) is 22.0 Å². The van der Waals surface area contributed by atoms with Crippen molar-refractivity contribution in [1.29, 1.82) is 10.5 Å². The normalized spacial score (nSPS) is 10.8. The number of nitrogens with one attached hydrogen (secondary N) is 2. The predicted octanol–water partition coefficient (Wildman–Crippen LogP) is -0.261. The molecule has 0 bridgehead atoms. The molecule has 0 unspecified atom stereocenters. The van der Waals surface area contributed by atoms with Crippen LogP contribution in [0, 0.1) is 22.9 Å². The van der Waals surface area contributed by atoms with Crippen LogP contribution in [0.4, 0.5) is 0 Å². The van der Waals surface area contributed by atoms with Gasteiger partial charge in [0.25, 0.3) is 0 Å². The minimum atomic E-state index is 0. The van der Waals surface area contributed by atoms with Crippen LogP contribution < -0.4 is 22.1 Å². The van der Waals surface area contributed by atoms with Crippen LogP contribution in [-0.4, -0.2) is 25.0 Å². The van der Waals surface area contributed by atoms with Gasteiger partial charge in [-0.05, 0) is 12.8 Å². The van der Waals surface area contributed by atoms with Gasteiger partial charge in [-0.1, -0.05) is 12.8 Å². The zero-order chi connectivity index (χ0) is 13.6. The van der Waals surface area contributed by atoms with Gasteiger partial charge in [-0.2, -0.15) is 10.5 Å². The Bertz CT molecular complexity index is 329. The van der Waals surface area contributed by atoms with E-state index in [-0.39, 0.29) is 24.3 Å². The molecule has 9 heteroatoms. The quantitative estimate of drug-likeness (QED) is 0.166. The van der Waals surface area contributed by atoms with Crippen LogP contribution in [0.1, 0.15) is 25.7 Å². The molecule has 0 amide bonds. The number of nitriles is 2. The summed E-state index contributed by atoms with van der Waals surface area (Å²) in [6, 6.07) is 0. The number of hydrogen-bond donors (Lipinski definition) is 4. The van der Waals surface area contributed by atoms with Crippen LogP contribution in [0.3, 0.4) is 0 Å². The van der Waals surface area contributed by atoms with Crippen molar-refractivity contribution >= 4 is 24.3 Å². The Morgan fingerprint density at radius 2 is 1.21 bits per heavy atom. The van der Waals surface area contributed by atoms with Crippen molar-refractivity contribution in [3.05, 3.63) is 0 Å². The Labute approximate surface area is 119 Å². The molecule has 0 radical (unpaired) electrons. The van der Waals surface area contributed by atoms with Crippen LogP contribution in [0.25, 0.3) is 0 Å². The van der Waals surface area contributed by atoms with E-state index < -0.39 is 0 Å². The maximum atomic E-state index is 8.25. The summed E-state index contributed by atoms with van der Waals surface area (Å²) in [6.07, 6.45) is 7.21. The highest BCUT2D eigenvalue weighted by atomic mass is 35.5. The van der Waals surface area contributed by atoms with Crippen molar-refractivity contribution in [3.63, 3.8) is 0 Å². The topological polar surface area (TPSA) is 148 Å². The molecule has 6 N–H and O–H groups in total. The molecule has 106 valence electrons. The van der Waals surface area contributed by atoms with Gasteiger partial charge < -0.3 is 11.5 Å². The molecule has 0 fully saturated rings. The van der Waals surface area contributed by atoms with Gasteiger partial charge in [0.15, 0.2) is 12.4 Å². The number of hydrogen-bond acceptors (Lipinski definition) is 4. The Balaban J connectivity index is 0. The first-order valence-electron chi connectivity index (χ1n) is 5.60. The SMILES string of the molecule is Cl.N#CNC(N)=NCCCCCCN=C(N)NC#N. The molecular weight excluding hydrogens is 268 g/mol. The fraction of sp³-hybridized carbons (Fsp3) is 0.600. The lowest BCUT2D eigenvalue weighted by Crippen LogP contribution is -2.27. The molecule has 0 aromatic rings. The van der Waals surface area contributed by atoms with Crippen LogP contribution in [0.2, 0.25) is 0 Å². The van der Waals surface area contributed by atoms with Crippen LogP contribution >= 0.6 is 12.4 Å². The standard InChI is InChI=1S/C10H18N8.ClH/c11-7-17-9(13)15-5-3-1-2-4-6-16-10(14)18-8-12;/h1-6H2,(H3,13,15,17)(H3,14,16,18);1H. The van der Waals surface area contributed by atoms with Crippen molar-refractivity contribution in [1.82, 2.24) is 10.6 Å². The highest BCUT2D eigenvalue weighted by molar-refractivity contribution is 5.85. The highest BCUT2D eigenvalue weighted by Crippen LogP contribution is 2.00. The Morgan fingerprint density at radius 1 is 0.842 bits per heavy atom. The van der Waals surface area contributed by atoms with E-state index in [0.29, 0.717) is 13.1 Å². The molecule has 0 spiro atoms. The summed E-state index contributed by atoms with van der Waals surface area (Å²) in [5.74, 6) is 0.301. The van der Waals surface area contributed by atoms with Gasteiger partial charge in [-0.15, -0.1) is 12.4 Å². The summed E-state index contributed by atoms with van der Waals surface area (Å²) in [4.78, 5) is 7.90. The maximum absolute atomic E-state index is 8.25. The van der Waals surface area contributed by atoms with Crippen molar-refractivity contribution < 1.29 is 0 Å². The van der Waals surface area contributed by atoms with Gasteiger partial charge in [-0.25, -0.2) is 0 Å². The summed E-state index contributed by atoms with van der Waals surface area (Å²) in [5, 5.41) is 21.0. The summed E-state index contributed by atoms with van der Waals surface area (Å²) in [5.41, 5.74) is 10.7. The third kappa shape index (κ3) is 13.7. The molecule has 0 aromatic heterocycles. The first-order chi connectivity index (χ1) is 8.70. The zero-order valence-corrected chi connectivity index (χ0v) is 11.4. The predicted molar refractivity (Wildman–Crippen MR) is 76.2 cm³/mol. The number of guanidine groups is 2. The molecule has 0 aliphatic rings. The lowest BCUT2D eigenvalue weighted by Gasteiger charge is -1.99. The number of halogens is 1. The number of unbranched alkanes of at least 4 members (excludes halogenated alkanes) is 3. The van der Waals surface area contributed by atoms with E-state index in [9.17, 15) is 0 Å². The number of rotatable bonds is 7. The molecule has 0 aromatic carbocycles. The molecule has 8 nitrogen and oxygen atoms in total. The van der Waals surface area contributed by atoms with E-state index >= 15 is 0 Å². The minimum Gasteiger partial charge on any atom is -0.369 e. The lowest BCUT2D eigenvalue weighted by atomic mass is 10.2. The number of aliphatic imine (C=N–C) groups is 2. The van der Waals surface area contributed by atoms with Crippen molar-refractivity contribution in [2.45, 2.75) is 25.7 Å². The van der Waals surface area contributed by atoms with E-state index in [0.717, 1.165) is 25.7 Å². The Morgan fingerprint density at radius 3 is 1.53 bits per heavy atom. The number of nitrogens with two attached hydrogens (primary N) is 2. The number of nitrogens with zero attached hydrogens (tertiary/aromatic N) is 4. The smallest absolute Gasteiger partial charge is 0.202 e. The highest BCUT2D eigenvalue weighted by Gasteiger charge is 1.92. The first kappa shape index (κ1) is 19.2. The second-order valence-electron chi connectivity index (χ2n) is 3.42.